The van der Waals surface area contributed by atoms with E-state index in [1.165, 1.54) is 16.4 Å². The van der Waals surface area contributed by atoms with Crippen molar-refractivity contribution >= 4 is 28.6 Å². The van der Waals surface area contributed by atoms with Crippen molar-refractivity contribution in [2.45, 2.75) is 19.4 Å². The van der Waals surface area contributed by atoms with Gasteiger partial charge in [0.1, 0.15) is 0 Å². The molecule has 1 atom stereocenters. The number of anilines is 1. The number of thiophene rings is 1. The lowest BCUT2D eigenvalue weighted by Crippen LogP contribution is -2.16. The van der Waals surface area contributed by atoms with Crippen LogP contribution in [0.2, 0.25) is 0 Å². The lowest BCUT2D eigenvalue weighted by molar-refractivity contribution is 0.801. The van der Waals surface area contributed by atoms with Gasteiger partial charge in [-0.05, 0) is 29.9 Å². The van der Waals surface area contributed by atoms with E-state index in [0.29, 0.717) is 6.04 Å². The van der Waals surface area contributed by atoms with Gasteiger partial charge < -0.3 is 5.32 Å². The van der Waals surface area contributed by atoms with Gasteiger partial charge >= 0.3 is 0 Å². The molecule has 0 spiro atoms. The predicted molar refractivity (Wildman–Crippen MR) is 63.2 cm³/mol. The molecular formula is C10H12N2S2. The Bertz CT molecular complexity index is 317. The molecule has 0 bridgehead atoms. The summed E-state index contributed by atoms with van der Waals surface area (Å²) in [5, 5.41) is 7.57. The van der Waals surface area contributed by atoms with E-state index in [1.54, 1.807) is 0 Å². The van der Waals surface area contributed by atoms with E-state index in [-0.39, 0.29) is 0 Å². The Morgan fingerprint density at radius 3 is 3.14 bits per heavy atom. The first-order valence-corrected chi connectivity index (χ1v) is 6.24. The number of hydrogen-bond donors (Lipinski definition) is 1. The molecule has 2 aromatic rings. The smallest absolute Gasteiger partial charge is 0.0655 e. The summed E-state index contributed by atoms with van der Waals surface area (Å²) < 4.78 is 4.05. The van der Waals surface area contributed by atoms with Crippen LogP contribution in [0, 0.1) is 0 Å². The summed E-state index contributed by atoms with van der Waals surface area (Å²) in [7, 11) is 0. The van der Waals surface area contributed by atoms with Crippen molar-refractivity contribution in [1.29, 1.82) is 0 Å². The molecule has 0 saturated carbocycles. The first kappa shape index (κ1) is 9.68. The predicted octanol–water partition coefficient (Wildman–Crippen LogP) is 3.25. The first-order valence-electron chi connectivity index (χ1n) is 4.53. The summed E-state index contributed by atoms with van der Waals surface area (Å²) in [6, 6.07) is 4.73. The lowest BCUT2D eigenvalue weighted by atomic mass is 10.2. The average molecular weight is 224 g/mol. The minimum absolute atomic E-state index is 0.463. The van der Waals surface area contributed by atoms with Crippen molar-refractivity contribution in [2.75, 3.05) is 5.32 Å². The fraction of sp³-hybridized carbons (Fsp3) is 0.300. The Hall–Kier alpha value is -0.870. The third kappa shape index (κ3) is 2.56. The van der Waals surface area contributed by atoms with Crippen LogP contribution in [0.25, 0.3) is 0 Å². The van der Waals surface area contributed by atoms with Gasteiger partial charge in [0.2, 0.25) is 0 Å². The van der Waals surface area contributed by atoms with Gasteiger partial charge in [0, 0.05) is 22.7 Å². The molecule has 2 aromatic heterocycles. The van der Waals surface area contributed by atoms with Gasteiger partial charge in [-0.15, -0.1) is 11.3 Å². The van der Waals surface area contributed by atoms with E-state index in [1.807, 2.05) is 22.9 Å². The van der Waals surface area contributed by atoms with E-state index in [9.17, 15) is 0 Å². The van der Waals surface area contributed by atoms with Crippen LogP contribution >= 0.6 is 22.9 Å². The minimum Gasteiger partial charge on any atom is -0.380 e. The van der Waals surface area contributed by atoms with Gasteiger partial charge in [0.15, 0.2) is 0 Å². The fourth-order valence-electron chi connectivity index (χ4n) is 1.34. The summed E-state index contributed by atoms with van der Waals surface area (Å²) in [6.07, 6.45) is 2.95. The van der Waals surface area contributed by atoms with Crippen LogP contribution in [0.3, 0.4) is 0 Å². The van der Waals surface area contributed by atoms with E-state index in [4.69, 9.17) is 0 Å². The average Bonchev–Trinajstić information content (AvgIpc) is 2.76. The highest BCUT2D eigenvalue weighted by molar-refractivity contribution is 7.09. The number of nitrogens with zero attached hydrogens (tertiary/aromatic N) is 1. The molecule has 2 heterocycles. The monoisotopic (exact) mass is 224 g/mol. The highest BCUT2D eigenvalue weighted by atomic mass is 32.1. The Kier molecular flexibility index (Phi) is 3.16. The Labute approximate surface area is 91.8 Å². The molecule has 1 N–H and O–H groups in total. The topological polar surface area (TPSA) is 24.9 Å². The molecule has 0 amide bonds. The molecule has 2 rings (SSSR count). The van der Waals surface area contributed by atoms with Crippen LogP contribution < -0.4 is 5.32 Å². The van der Waals surface area contributed by atoms with Crippen molar-refractivity contribution in [3.8, 4) is 0 Å². The zero-order valence-corrected chi connectivity index (χ0v) is 9.57. The Morgan fingerprint density at radius 2 is 2.50 bits per heavy atom. The normalized spacial score (nSPS) is 12.6. The van der Waals surface area contributed by atoms with Gasteiger partial charge in [0.25, 0.3) is 0 Å². The molecule has 0 aliphatic carbocycles. The van der Waals surface area contributed by atoms with Gasteiger partial charge in [-0.1, -0.05) is 6.07 Å². The van der Waals surface area contributed by atoms with Crippen LogP contribution in [-0.4, -0.2) is 10.4 Å². The molecular weight excluding hydrogens is 212 g/mol. The van der Waals surface area contributed by atoms with Gasteiger partial charge in [-0.25, -0.2) is 0 Å². The molecule has 74 valence electrons. The lowest BCUT2D eigenvalue weighted by Gasteiger charge is -2.11. The van der Waals surface area contributed by atoms with Crippen LogP contribution in [0.5, 0.6) is 0 Å². The van der Waals surface area contributed by atoms with Gasteiger partial charge in [0.05, 0.1) is 11.9 Å². The van der Waals surface area contributed by atoms with E-state index in [0.717, 1.165) is 12.1 Å². The molecule has 0 aliphatic heterocycles. The van der Waals surface area contributed by atoms with E-state index < -0.39 is 0 Å². The van der Waals surface area contributed by atoms with Crippen molar-refractivity contribution in [3.63, 3.8) is 0 Å². The quantitative estimate of drug-likeness (QED) is 0.862. The second kappa shape index (κ2) is 4.57. The SMILES string of the molecule is CC(Cc1cccs1)Nc1cnsc1. The molecule has 0 radical (unpaired) electrons. The summed E-state index contributed by atoms with van der Waals surface area (Å²) >= 11 is 3.29. The fourth-order valence-corrected chi connectivity index (χ4v) is 2.66. The number of hydrogen-bond acceptors (Lipinski definition) is 4. The Morgan fingerprint density at radius 1 is 1.57 bits per heavy atom. The molecule has 4 heteroatoms. The first-order chi connectivity index (χ1) is 6.84. The molecule has 0 saturated heterocycles. The molecule has 0 aromatic carbocycles. The van der Waals surface area contributed by atoms with Crippen LogP contribution in [-0.2, 0) is 6.42 Å². The summed E-state index contributed by atoms with van der Waals surface area (Å²) in [5.74, 6) is 0. The van der Waals surface area contributed by atoms with Crippen molar-refractivity contribution in [2.24, 2.45) is 0 Å². The van der Waals surface area contributed by atoms with Gasteiger partial charge in [-0.3, -0.25) is 0 Å². The van der Waals surface area contributed by atoms with E-state index >= 15 is 0 Å². The second-order valence-electron chi connectivity index (χ2n) is 3.24. The third-order valence-corrected chi connectivity index (χ3v) is 3.42. The second-order valence-corrected chi connectivity index (χ2v) is 4.93. The van der Waals surface area contributed by atoms with Crippen LogP contribution in [0.4, 0.5) is 5.69 Å². The summed E-state index contributed by atoms with van der Waals surface area (Å²) in [6.45, 7) is 2.19. The number of nitrogens with one attached hydrogen (secondary N) is 1. The van der Waals surface area contributed by atoms with Crippen molar-refractivity contribution < 1.29 is 0 Å². The number of rotatable bonds is 4. The zero-order chi connectivity index (χ0) is 9.80. The maximum atomic E-state index is 4.05. The third-order valence-electron chi connectivity index (χ3n) is 1.93. The highest BCUT2D eigenvalue weighted by Crippen LogP contribution is 2.15. The Balaban J connectivity index is 1.88. The largest absolute Gasteiger partial charge is 0.380 e. The van der Waals surface area contributed by atoms with Crippen molar-refractivity contribution in [3.05, 3.63) is 34.0 Å². The number of aromatic nitrogens is 1. The molecule has 2 nitrogen and oxygen atoms in total. The highest BCUT2D eigenvalue weighted by Gasteiger charge is 2.04. The molecule has 14 heavy (non-hydrogen) atoms. The zero-order valence-electron chi connectivity index (χ0n) is 7.93. The van der Waals surface area contributed by atoms with Crippen molar-refractivity contribution in [1.82, 2.24) is 4.37 Å². The van der Waals surface area contributed by atoms with Crippen LogP contribution in [0.1, 0.15) is 11.8 Å². The molecule has 0 aliphatic rings. The van der Waals surface area contributed by atoms with Gasteiger partial charge in [-0.2, -0.15) is 4.37 Å². The summed E-state index contributed by atoms with van der Waals surface area (Å²) in [4.78, 5) is 1.42. The standard InChI is InChI=1S/C10H12N2S2/c1-8(5-10-3-2-4-13-10)12-9-6-11-14-7-9/h2-4,6-8,12H,5H2,1H3. The molecule has 0 fully saturated rings. The summed E-state index contributed by atoms with van der Waals surface area (Å²) in [5.41, 5.74) is 1.12. The minimum atomic E-state index is 0.463. The maximum absolute atomic E-state index is 4.05. The maximum Gasteiger partial charge on any atom is 0.0655 e. The van der Waals surface area contributed by atoms with Crippen LogP contribution in [0.15, 0.2) is 29.1 Å². The van der Waals surface area contributed by atoms with E-state index in [2.05, 4.69) is 34.1 Å². The molecule has 1 unspecified atom stereocenters.